The number of carboxylic acid groups (broad SMARTS) is 1. The standard InChI is InChI=1S/C4H5NO4/c5-3(6)1-2(9-1)4(7)8/h1-2H,(H2,5,6)(H,7,8). The van der Waals surface area contributed by atoms with Crippen molar-refractivity contribution in [2.24, 2.45) is 5.73 Å². The maximum Gasteiger partial charge on any atom is 0.336 e. The fraction of sp³-hybridized carbons (Fsp3) is 0.500. The topological polar surface area (TPSA) is 92.9 Å². The van der Waals surface area contributed by atoms with Gasteiger partial charge in [0.25, 0.3) is 0 Å². The molecule has 2 atom stereocenters. The normalized spacial score (nSPS) is 31.6. The van der Waals surface area contributed by atoms with Crippen LogP contribution in [0, 0.1) is 0 Å². The molecule has 1 rings (SSSR count). The number of carbonyl (C=O) groups excluding carboxylic acids is 1. The van der Waals surface area contributed by atoms with Crippen molar-refractivity contribution < 1.29 is 19.4 Å². The Kier molecular flexibility index (Phi) is 1.14. The number of carboxylic acids is 1. The van der Waals surface area contributed by atoms with E-state index in [1.807, 2.05) is 0 Å². The zero-order valence-electron chi connectivity index (χ0n) is 4.40. The SMILES string of the molecule is NC(=O)C1OC1C(=O)O. The van der Waals surface area contributed by atoms with E-state index >= 15 is 0 Å². The van der Waals surface area contributed by atoms with Crippen molar-refractivity contribution in [2.75, 3.05) is 0 Å². The van der Waals surface area contributed by atoms with Crippen LogP contribution in [0.4, 0.5) is 0 Å². The number of ether oxygens (including phenoxy) is 1. The van der Waals surface area contributed by atoms with Gasteiger partial charge in [-0.15, -0.1) is 0 Å². The molecule has 0 aromatic rings. The fourth-order valence-corrected chi connectivity index (χ4v) is 0.517. The van der Waals surface area contributed by atoms with Crippen LogP contribution < -0.4 is 5.73 Å². The van der Waals surface area contributed by atoms with Gasteiger partial charge in [0.2, 0.25) is 5.91 Å². The zero-order chi connectivity index (χ0) is 7.02. The largest absolute Gasteiger partial charge is 0.479 e. The zero-order valence-corrected chi connectivity index (χ0v) is 4.40. The number of hydrogen-bond acceptors (Lipinski definition) is 3. The van der Waals surface area contributed by atoms with Crippen LogP contribution in [0.25, 0.3) is 0 Å². The third kappa shape index (κ3) is 0.996. The van der Waals surface area contributed by atoms with Crippen molar-refractivity contribution in [3.8, 4) is 0 Å². The van der Waals surface area contributed by atoms with Crippen LogP contribution in [0.5, 0.6) is 0 Å². The molecule has 0 radical (unpaired) electrons. The van der Waals surface area contributed by atoms with Crippen molar-refractivity contribution in [3.63, 3.8) is 0 Å². The van der Waals surface area contributed by atoms with Crippen LogP contribution in [-0.2, 0) is 14.3 Å². The Morgan fingerprint density at radius 3 is 2.11 bits per heavy atom. The van der Waals surface area contributed by atoms with E-state index in [1.54, 1.807) is 0 Å². The van der Waals surface area contributed by atoms with Crippen LogP contribution in [0.2, 0.25) is 0 Å². The predicted molar refractivity (Wildman–Crippen MR) is 25.5 cm³/mol. The summed E-state index contributed by atoms with van der Waals surface area (Å²) in [6, 6.07) is 0. The van der Waals surface area contributed by atoms with E-state index < -0.39 is 24.1 Å². The smallest absolute Gasteiger partial charge is 0.336 e. The molecular formula is C4H5NO4. The molecule has 3 N–H and O–H groups in total. The highest BCUT2D eigenvalue weighted by molar-refractivity contribution is 5.90. The lowest BCUT2D eigenvalue weighted by Gasteiger charge is -1.79. The average Bonchev–Trinajstić information content (AvgIpc) is 2.39. The molecule has 1 aliphatic rings. The van der Waals surface area contributed by atoms with E-state index in [-0.39, 0.29) is 0 Å². The summed E-state index contributed by atoms with van der Waals surface area (Å²) in [5, 5.41) is 8.14. The monoisotopic (exact) mass is 131 g/mol. The van der Waals surface area contributed by atoms with E-state index in [0.29, 0.717) is 0 Å². The number of epoxide rings is 1. The molecule has 0 aromatic heterocycles. The molecule has 50 valence electrons. The number of amides is 1. The summed E-state index contributed by atoms with van der Waals surface area (Å²) in [6.07, 6.45) is -1.90. The second-order valence-corrected chi connectivity index (χ2v) is 1.72. The first-order valence-electron chi connectivity index (χ1n) is 2.30. The van der Waals surface area contributed by atoms with Crippen LogP contribution in [0.3, 0.4) is 0 Å². The Morgan fingerprint density at radius 1 is 1.44 bits per heavy atom. The number of rotatable bonds is 2. The first-order valence-corrected chi connectivity index (χ1v) is 2.30. The quantitative estimate of drug-likeness (QED) is 0.438. The molecule has 2 unspecified atom stereocenters. The summed E-state index contributed by atoms with van der Waals surface area (Å²) in [5.74, 6) is -1.86. The number of hydrogen-bond donors (Lipinski definition) is 2. The van der Waals surface area contributed by atoms with E-state index in [0.717, 1.165) is 0 Å². The summed E-state index contributed by atoms with van der Waals surface area (Å²) in [5.41, 5.74) is 4.70. The first-order chi connectivity index (χ1) is 4.13. The molecule has 5 nitrogen and oxygen atoms in total. The van der Waals surface area contributed by atoms with Crippen LogP contribution in [-0.4, -0.2) is 29.2 Å². The summed E-state index contributed by atoms with van der Waals surface area (Å²) in [6.45, 7) is 0. The Hall–Kier alpha value is -1.10. The Labute approximate surface area is 50.4 Å². The molecule has 0 aromatic carbocycles. The van der Waals surface area contributed by atoms with Gasteiger partial charge in [-0.2, -0.15) is 0 Å². The van der Waals surface area contributed by atoms with Crippen LogP contribution in [0.1, 0.15) is 0 Å². The summed E-state index contributed by atoms with van der Waals surface area (Å²) >= 11 is 0. The minimum Gasteiger partial charge on any atom is -0.479 e. The molecule has 0 spiro atoms. The van der Waals surface area contributed by atoms with Gasteiger partial charge in [-0.25, -0.2) is 4.79 Å². The summed E-state index contributed by atoms with van der Waals surface area (Å²) < 4.78 is 4.37. The summed E-state index contributed by atoms with van der Waals surface area (Å²) in [7, 11) is 0. The number of primary amides is 1. The van der Waals surface area contributed by atoms with Gasteiger partial charge in [0.15, 0.2) is 12.2 Å². The Bertz CT molecular complexity index is 148. The lowest BCUT2D eigenvalue weighted by molar-refractivity contribution is -0.138. The molecule has 1 aliphatic heterocycles. The van der Waals surface area contributed by atoms with Gasteiger partial charge in [-0.3, -0.25) is 4.79 Å². The second kappa shape index (κ2) is 1.70. The highest BCUT2D eigenvalue weighted by Gasteiger charge is 2.49. The van der Waals surface area contributed by atoms with Crippen molar-refractivity contribution in [2.45, 2.75) is 12.2 Å². The van der Waals surface area contributed by atoms with Crippen molar-refractivity contribution in [1.29, 1.82) is 0 Å². The van der Waals surface area contributed by atoms with Gasteiger partial charge >= 0.3 is 5.97 Å². The number of carbonyl (C=O) groups is 2. The maximum atomic E-state index is 10.1. The lowest BCUT2D eigenvalue weighted by atomic mass is 10.3. The Balaban J connectivity index is 2.42. The van der Waals surface area contributed by atoms with Crippen LogP contribution >= 0.6 is 0 Å². The van der Waals surface area contributed by atoms with E-state index in [2.05, 4.69) is 4.74 Å². The van der Waals surface area contributed by atoms with Crippen LogP contribution in [0.15, 0.2) is 0 Å². The van der Waals surface area contributed by atoms with E-state index in [4.69, 9.17) is 10.8 Å². The molecule has 1 fully saturated rings. The van der Waals surface area contributed by atoms with Gasteiger partial charge in [0.1, 0.15) is 0 Å². The molecule has 1 saturated heterocycles. The molecule has 0 saturated carbocycles. The third-order valence-corrected chi connectivity index (χ3v) is 1.02. The van der Waals surface area contributed by atoms with Crippen molar-refractivity contribution >= 4 is 11.9 Å². The van der Waals surface area contributed by atoms with E-state index in [1.165, 1.54) is 0 Å². The minimum absolute atomic E-state index is 0.720. The second-order valence-electron chi connectivity index (χ2n) is 1.72. The van der Waals surface area contributed by atoms with E-state index in [9.17, 15) is 9.59 Å². The molecule has 1 heterocycles. The number of nitrogens with two attached hydrogens (primary N) is 1. The summed E-state index contributed by atoms with van der Waals surface area (Å²) in [4.78, 5) is 20.1. The molecule has 9 heavy (non-hydrogen) atoms. The molecule has 0 bridgehead atoms. The predicted octanol–water partition coefficient (Wildman–Crippen LogP) is -1.68. The molecule has 0 aliphatic carbocycles. The first kappa shape index (κ1) is 6.03. The van der Waals surface area contributed by atoms with Gasteiger partial charge < -0.3 is 15.6 Å². The fourth-order valence-electron chi connectivity index (χ4n) is 0.517. The van der Waals surface area contributed by atoms with Gasteiger partial charge in [-0.05, 0) is 0 Å². The van der Waals surface area contributed by atoms with Crippen molar-refractivity contribution in [1.82, 2.24) is 0 Å². The van der Waals surface area contributed by atoms with Gasteiger partial charge in [-0.1, -0.05) is 0 Å². The Morgan fingerprint density at radius 2 is 2.00 bits per heavy atom. The maximum absolute atomic E-state index is 10.1. The van der Waals surface area contributed by atoms with Crippen molar-refractivity contribution in [3.05, 3.63) is 0 Å². The van der Waals surface area contributed by atoms with Gasteiger partial charge in [0, 0.05) is 0 Å². The minimum atomic E-state index is -1.14. The lowest BCUT2D eigenvalue weighted by Crippen LogP contribution is -2.22. The number of aliphatic carboxylic acids is 1. The average molecular weight is 131 g/mol. The highest BCUT2D eigenvalue weighted by atomic mass is 16.6. The third-order valence-electron chi connectivity index (χ3n) is 1.02. The highest BCUT2D eigenvalue weighted by Crippen LogP contribution is 2.20. The molecular weight excluding hydrogens is 126 g/mol. The molecule has 1 amide bonds. The molecule has 5 heteroatoms. The van der Waals surface area contributed by atoms with Gasteiger partial charge in [0.05, 0.1) is 0 Å².